The highest BCUT2D eigenvalue weighted by atomic mass is 16.5. The molecule has 0 aliphatic heterocycles. The van der Waals surface area contributed by atoms with Gasteiger partial charge in [-0.05, 0) is 48.6 Å². The number of nitrogens with one attached hydrogen (secondary N) is 3. The van der Waals surface area contributed by atoms with Crippen molar-refractivity contribution >= 4 is 17.5 Å². The van der Waals surface area contributed by atoms with Crippen LogP contribution in [-0.4, -0.2) is 42.0 Å². The predicted octanol–water partition coefficient (Wildman–Crippen LogP) is 3.55. The molecule has 11 heteroatoms. The van der Waals surface area contributed by atoms with Crippen molar-refractivity contribution < 1.29 is 25.0 Å². The number of phenolic OH excluding ortho intramolecular Hbond substituents is 2. The average molecular weight is 498 g/mol. The Labute approximate surface area is 207 Å². The lowest BCUT2D eigenvalue weighted by molar-refractivity contribution is -0.129. The lowest BCUT2D eigenvalue weighted by Gasteiger charge is -2.13. The van der Waals surface area contributed by atoms with Gasteiger partial charge in [0.15, 0.2) is 5.82 Å². The summed E-state index contributed by atoms with van der Waals surface area (Å²) in [5.41, 5.74) is 2.87. The molecule has 192 valence electrons. The summed E-state index contributed by atoms with van der Waals surface area (Å²) in [6.07, 6.45) is 3.36. The first-order valence-corrected chi connectivity index (χ1v) is 11.8. The van der Waals surface area contributed by atoms with Gasteiger partial charge in [0.25, 0.3) is 0 Å². The minimum absolute atomic E-state index is 0.0259. The summed E-state index contributed by atoms with van der Waals surface area (Å²) < 4.78 is 1.29. The fraction of sp³-hybridized carbons (Fsp3) is 0.360. The Kier molecular flexibility index (Phi) is 8.85. The first kappa shape index (κ1) is 26.5. The quantitative estimate of drug-likeness (QED) is 0.134. The number of hydrogen-bond donors (Lipinski definition) is 6. The van der Waals surface area contributed by atoms with Crippen LogP contribution in [0.3, 0.4) is 0 Å². The molecule has 3 aromatic rings. The molecule has 0 aliphatic rings. The molecular formula is C25H31N5O6. The molecule has 3 rings (SSSR count). The van der Waals surface area contributed by atoms with Crippen LogP contribution < -0.4 is 16.5 Å². The van der Waals surface area contributed by atoms with Gasteiger partial charge in [0.05, 0.1) is 11.3 Å². The van der Waals surface area contributed by atoms with Crippen LogP contribution in [0, 0.1) is 0 Å². The van der Waals surface area contributed by atoms with E-state index < -0.39 is 11.6 Å². The van der Waals surface area contributed by atoms with Crippen LogP contribution >= 0.6 is 0 Å². The van der Waals surface area contributed by atoms with Crippen LogP contribution in [0.25, 0.3) is 17.1 Å². The number of unbranched alkanes of at least 4 members (excludes halogenated alkanes) is 3. The van der Waals surface area contributed by atoms with E-state index in [4.69, 9.17) is 5.21 Å². The van der Waals surface area contributed by atoms with Crippen LogP contribution in [0.15, 0.2) is 41.2 Å². The highest BCUT2D eigenvalue weighted by Crippen LogP contribution is 2.37. The Morgan fingerprint density at radius 2 is 1.69 bits per heavy atom. The van der Waals surface area contributed by atoms with Gasteiger partial charge < -0.3 is 15.5 Å². The number of aromatic hydroxyl groups is 2. The number of H-pyrrole nitrogens is 1. The monoisotopic (exact) mass is 497 g/mol. The summed E-state index contributed by atoms with van der Waals surface area (Å²) in [5.74, 6) is -0.735. The predicted molar refractivity (Wildman–Crippen MR) is 133 cm³/mol. The van der Waals surface area contributed by atoms with Crippen molar-refractivity contribution in [3.8, 4) is 28.6 Å². The summed E-state index contributed by atoms with van der Waals surface area (Å²) in [5, 5.41) is 38.4. The molecule has 1 aromatic heterocycles. The number of carbonyl (C=O) groups excluding carboxylic acids is 2. The third kappa shape index (κ3) is 6.51. The molecule has 1 heterocycles. The van der Waals surface area contributed by atoms with E-state index >= 15 is 0 Å². The topological polar surface area (TPSA) is 170 Å². The van der Waals surface area contributed by atoms with Crippen molar-refractivity contribution in [2.75, 3.05) is 5.32 Å². The number of amides is 2. The molecule has 2 aromatic carbocycles. The Hall–Kier alpha value is -4.12. The fourth-order valence-electron chi connectivity index (χ4n) is 3.88. The van der Waals surface area contributed by atoms with Gasteiger partial charge in [-0.2, -0.15) is 5.10 Å². The van der Waals surface area contributed by atoms with Crippen molar-refractivity contribution in [3.63, 3.8) is 0 Å². The molecule has 6 N–H and O–H groups in total. The number of benzene rings is 2. The Bertz CT molecular complexity index is 1280. The third-order valence-electron chi connectivity index (χ3n) is 5.75. The number of nitrogens with zero attached hydrogens (tertiary/aromatic N) is 2. The Morgan fingerprint density at radius 3 is 2.36 bits per heavy atom. The number of hydroxylamine groups is 1. The van der Waals surface area contributed by atoms with Crippen LogP contribution in [0.2, 0.25) is 0 Å². The van der Waals surface area contributed by atoms with Gasteiger partial charge in [0, 0.05) is 24.6 Å². The highest BCUT2D eigenvalue weighted by molar-refractivity contribution is 5.91. The number of aromatic amines is 1. The van der Waals surface area contributed by atoms with Crippen molar-refractivity contribution in [1.82, 2.24) is 20.2 Å². The molecule has 2 amide bonds. The van der Waals surface area contributed by atoms with Gasteiger partial charge in [-0.15, -0.1) is 0 Å². The van der Waals surface area contributed by atoms with E-state index in [0.717, 1.165) is 12.8 Å². The summed E-state index contributed by atoms with van der Waals surface area (Å²) in [4.78, 5) is 36.0. The first-order chi connectivity index (χ1) is 17.2. The maximum Gasteiger partial charge on any atom is 0.348 e. The van der Waals surface area contributed by atoms with Crippen molar-refractivity contribution in [1.29, 1.82) is 0 Å². The number of rotatable bonds is 11. The van der Waals surface area contributed by atoms with Crippen molar-refractivity contribution in [2.24, 2.45) is 0 Å². The summed E-state index contributed by atoms with van der Waals surface area (Å²) >= 11 is 0. The SMILES string of the molecule is CC(C)c1cc(-c2n[nH]c(=O)n2-c2cccc(NC(=O)CCCCCCC(=O)NO)c2)c(O)cc1O. The summed E-state index contributed by atoms with van der Waals surface area (Å²) in [6, 6.07) is 9.53. The highest BCUT2D eigenvalue weighted by Gasteiger charge is 2.20. The van der Waals surface area contributed by atoms with Crippen molar-refractivity contribution in [3.05, 3.63) is 52.4 Å². The summed E-state index contributed by atoms with van der Waals surface area (Å²) in [6.45, 7) is 3.80. The molecule has 36 heavy (non-hydrogen) atoms. The number of anilines is 1. The normalized spacial score (nSPS) is 11.0. The van der Waals surface area contributed by atoms with Gasteiger partial charge in [0.1, 0.15) is 11.5 Å². The maximum absolute atomic E-state index is 12.6. The van der Waals surface area contributed by atoms with Crippen LogP contribution in [-0.2, 0) is 9.59 Å². The maximum atomic E-state index is 12.6. The van der Waals surface area contributed by atoms with Crippen LogP contribution in [0.4, 0.5) is 5.69 Å². The Balaban J connectivity index is 1.73. The van der Waals surface area contributed by atoms with E-state index in [9.17, 15) is 24.6 Å². The average Bonchev–Trinajstić information content (AvgIpc) is 3.22. The molecule has 0 unspecified atom stereocenters. The zero-order valence-electron chi connectivity index (χ0n) is 20.2. The minimum Gasteiger partial charge on any atom is -0.508 e. The fourth-order valence-corrected chi connectivity index (χ4v) is 3.88. The molecule has 0 fully saturated rings. The largest absolute Gasteiger partial charge is 0.508 e. The van der Waals surface area contributed by atoms with E-state index in [1.54, 1.807) is 35.8 Å². The van der Waals surface area contributed by atoms with Gasteiger partial charge in [0.2, 0.25) is 11.8 Å². The summed E-state index contributed by atoms with van der Waals surface area (Å²) in [7, 11) is 0. The van der Waals surface area contributed by atoms with Gasteiger partial charge >= 0.3 is 5.69 Å². The number of carbonyl (C=O) groups is 2. The number of phenols is 2. The van der Waals surface area contributed by atoms with E-state index in [1.165, 1.54) is 10.6 Å². The van der Waals surface area contributed by atoms with E-state index in [0.29, 0.717) is 36.2 Å². The lowest BCUT2D eigenvalue weighted by Crippen LogP contribution is -2.17. The van der Waals surface area contributed by atoms with Gasteiger partial charge in [-0.1, -0.05) is 32.8 Å². The molecule has 0 bridgehead atoms. The standard InChI is InChI=1S/C25H31N5O6/c1-15(2)18-13-19(21(32)14-20(18)31)24-27-28-25(35)30(24)17-9-7-8-16(12-17)26-22(33)10-5-3-4-6-11-23(34)29-36/h7-9,12-15,31-32,36H,3-6,10-11H2,1-2H3,(H,26,33)(H,28,35)(H,29,34). The van der Waals surface area contributed by atoms with E-state index in [1.807, 2.05) is 13.8 Å². The first-order valence-electron chi connectivity index (χ1n) is 11.8. The van der Waals surface area contributed by atoms with Gasteiger partial charge in [-0.3, -0.25) is 14.8 Å². The molecule has 11 nitrogen and oxygen atoms in total. The second-order valence-corrected chi connectivity index (χ2v) is 8.82. The van der Waals surface area contributed by atoms with Crippen molar-refractivity contribution in [2.45, 2.75) is 58.3 Å². The zero-order chi connectivity index (χ0) is 26.2. The molecule has 0 spiro atoms. The minimum atomic E-state index is -0.526. The van der Waals surface area contributed by atoms with E-state index in [-0.39, 0.29) is 41.1 Å². The second kappa shape index (κ2) is 12.0. The number of aromatic nitrogens is 3. The third-order valence-corrected chi connectivity index (χ3v) is 5.75. The molecule has 0 aliphatic carbocycles. The molecule has 0 saturated carbocycles. The second-order valence-electron chi connectivity index (χ2n) is 8.82. The van der Waals surface area contributed by atoms with Crippen LogP contribution in [0.1, 0.15) is 63.9 Å². The molecule has 0 atom stereocenters. The number of hydrogen-bond acceptors (Lipinski definition) is 7. The van der Waals surface area contributed by atoms with Gasteiger partial charge in [-0.25, -0.2) is 19.9 Å². The lowest BCUT2D eigenvalue weighted by atomic mass is 9.98. The molecule has 0 radical (unpaired) electrons. The van der Waals surface area contributed by atoms with Crippen LogP contribution in [0.5, 0.6) is 11.5 Å². The zero-order valence-corrected chi connectivity index (χ0v) is 20.2. The molecular weight excluding hydrogens is 466 g/mol. The Morgan fingerprint density at radius 1 is 1.00 bits per heavy atom. The van der Waals surface area contributed by atoms with E-state index in [2.05, 4.69) is 15.5 Å². The smallest absolute Gasteiger partial charge is 0.348 e. The molecule has 0 saturated heterocycles.